The summed E-state index contributed by atoms with van der Waals surface area (Å²) in [5, 5.41) is 0. The molecule has 0 saturated heterocycles. The predicted octanol–water partition coefficient (Wildman–Crippen LogP) is 14.2. The average molecular weight is 907 g/mol. The third-order valence-corrected chi connectivity index (χ3v) is 10.3. The van der Waals surface area contributed by atoms with E-state index < -0.39 is 35.6 Å². The number of esters is 3. The second-order valence-corrected chi connectivity index (χ2v) is 17.3. The van der Waals surface area contributed by atoms with Crippen molar-refractivity contribution < 1.29 is 72.5 Å². The first kappa shape index (κ1) is 60.2. The number of rotatable bonds is 13. The molecule has 0 bridgehead atoms. The number of benzene rings is 2. The lowest BCUT2D eigenvalue weighted by atomic mass is 9.81. The fourth-order valence-corrected chi connectivity index (χ4v) is 4.73. The summed E-state index contributed by atoms with van der Waals surface area (Å²) < 4.78 is 135. The van der Waals surface area contributed by atoms with Gasteiger partial charge in [0, 0.05) is 13.3 Å². The number of aryl methyl sites for hydroxylation is 1. The Morgan fingerprint density at radius 2 is 0.952 bits per heavy atom. The average Bonchev–Trinajstić information content (AvgIpc) is 3.21. The van der Waals surface area contributed by atoms with Gasteiger partial charge in [-0.05, 0) is 85.3 Å². The van der Waals surface area contributed by atoms with E-state index in [1.165, 1.54) is 31.2 Å². The van der Waals surface area contributed by atoms with Crippen molar-refractivity contribution in [1.82, 2.24) is 0 Å². The van der Waals surface area contributed by atoms with Crippen molar-refractivity contribution in [3.63, 3.8) is 0 Å². The zero-order valence-electron chi connectivity index (χ0n) is 38.1. The molecular formula is C46H68F10O6. The van der Waals surface area contributed by atoms with Gasteiger partial charge in [-0.15, -0.1) is 0 Å². The van der Waals surface area contributed by atoms with Crippen LogP contribution in [-0.2, 0) is 47.4 Å². The molecule has 0 amide bonds. The van der Waals surface area contributed by atoms with Crippen LogP contribution in [0, 0.1) is 28.1 Å². The smallest absolute Gasteiger partial charge is 0.416 e. The maximum atomic E-state index is 12.5. The molecule has 0 spiro atoms. The first-order chi connectivity index (χ1) is 28.4. The van der Waals surface area contributed by atoms with E-state index >= 15 is 0 Å². The lowest BCUT2D eigenvalue weighted by molar-refractivity contribution is -0.187. The van der Waals surface area contributed by atoms with Gasteiger partial charge in [-0.2, -0.15) is 39.5 Å². The van der Waals surface area contributed by atoms with Crippen molar-refractivity contribution in [3.8, 4) is 0 Å². The molecule has 3 rings (SSSR count). The van der Waals surface area contributed by atoms with Crippen LogP contribution >= 0.6 is 0 Å². The molecule has 0 aromatic heterocycles. The number of ether oxygens (including phenoxy) is 3. The highest BCUT2D eigenvalue weighted by Gasteiger charge is 2.43. The Balaban J connectivity index is 0. The number of alkyl halides is 10. The molecule has 1 saturated carbocycles. The molecule has 0 radical (unpaired) electrons. The van der Waals surface area contributed by atoms with Crippen molar-refractivity contribution in [3.05, 3.63) is 71.3 Å². The van der Waals surface area contributed by atoms with E-state index in [1.807, 2.05) is 41.5 Å². The van der Waals surface area contributed by atoms with Crippen molar-refractivity contribution in [2.45, 2.75) is 146 Å². The van der Waals surface area contributed by atoms with Crippen molar-refractivity contribution in [1.29, 1.82) is 0 Å². The van der Waals surface area contributed by atoms with Crippen LogP contribution in [0.4, 0.5) is 43.9 Å². The molecule has 16 heteroatoms. The van der Waals surface area contributed by atoms with Gasteiger partial charge in [0.2, 0.25) is 0 Å². The van der Waals surface area contributed by atoms with Crippen LogP contribution in [0.25, 0.3) is 0 Å². The van der Waals surface area contributed by atoms with Crippen LogP contribution in [0.2, 0.25) is 0 Å². The second-order valence-electron chi connectivity index (χ2n) is 17.3. The van der Waals surface area contributed by atoms with E-state index in [0.717, 1.165) is 43.5 Å². The summed E-state index contributed by atoms with van der Waals surface area (Å²) in [6, 6.07) is 11.2. The van der Waals surface area contributed by atoms with Crippen LogP contribution in [0.15, 0.2) is 54.6 Å². The summed E-state index contributed by atoms with van der Waals surface area (Å²) in [4.78, 5) is 33.8. The fourth-order valence-electron chi connectivity index (χ4n) is 4.73. The molecule has 0 atom stereocenters. The van der Waals surface area contributed by atoms with Gasteiger partial charge in [0.25, 0.3) is 0 Å². The fraction of sp³-hybridized carbons (Fsp3) is 0.674. The number of carbonyl (C=O) groups excluding carboxylic acids is 3. The molecule has 0 aliphatic heterocycles. The van der Waals surface area contributed by atoms with Crippen LogP contribution in [0.5, 0.6) is 0 Å². The quantitative estimate of drug-likeness (QED) is 0.113. The zero-order valence-corrected chi connectivity index (χ0v) is 38.1. The molecule has 6 nitrogen and oxygen atoms in total. The number of hydrogen-bond acceptors (Lipinski definition) is 6. The van der Waals surface area contributed by atoms with Gasteiger partial charge in [-0.25, -0.2) is 0 Å². The van der Waals surface area contributed by atoms with Gasteiger partial charge in [0.05, 0.1) is 50.0 Å². The van der Waals surface area contributed by atoms with Gasteiger partial charge < -0.3 is 14.2 Å². The van der Waals surface area contributed by atoms with Crippen LogP contribution in [0.1, 0.15) is 137 Å². The highest BCUT2D eigenvalue weighted by Crippen LogP contribution is 2.40. The topological polar surface area (TPSA) is 78.9 Å². The third-order valence-electron chi connectivity index (χ3n) is 10.3. The Labute approximate surface area is 361 Å². The standard InChI is InChI=1S/C16H21F3O2.C14H23F3O2.C8H16O2.C7H5F3.CH3F/c1-4-15(2,3)11-21-14(20)10-7-12-5-8-13(9-6-12)16(17,18)19;1-4-13(2,3)9-19-12(18)10-5-7-11(8-6-10)14(15,16)17;1-5-8(3,4)6-10-7(2)9;8-7(9,10)6-4-2-1-3-5-6;1-2/h5-6,8-9H,4,7,10-11H2,1-3H3;10-11H,4-9H2,1-3H3;5-6H2,1-4H3;1-5H;1H3. The molecule has 2 aromatic rings. The number of halogens is 10. The molecule has 0 heterocycles. The second kappa shape index (κ2) is 28.0. The largest absolute Gasteiger partial charge is 0.465 e. The molecule has 1 fully saturated rings. The summed E-state index contributed by atoms with van der Waals surface area (Å²) in [6.45, 7) is 21.0. The first-order valence-corrected chi connectivity index (χ1v) is 20.6. The minimum atomic E-state index is -4.33. The molecule has 1 aliphatic carbocycles. The molecule has 358 valence electrons. The van der Waals surface area contributed by atoms with Crippen LogP contribution in [0.3, 0.4) is 0 Å². The Hall–Kier alpha value is -3.85. The zero-order chi connectivity index (χ0) is 48.6. The van der Waals surface area contributed by atoms with Gasteiger partial charge in [0.15, 0.2) is 0 Å². The minimum absolute atomic E-state index is 0.0421. The van der Waals surface area contributed by atoms with Gasteiger partial charge in [0.1, 0.15) is 0 Å². The van der Waals surface area contributed by atoms with Crippen LogP contribution < -0.4 is 0 Å². The van der Waals surface area contributed by atoms with E-state index in [4.69, 9.17) is 14.2 Å². The number of hydrogen-bond donors (Lipinski definition) is 0. The summed E-state index contributed by atoms with van der Waals surface area (Å²) in [5.74, 6) is -2.45. The Morgan fingerprint density at radius 3 is 1.31 bits per heavy atom. The van der Waals surface area contributed by atoms with Crippen molar-refractivity contribution in [2.24, 2.45) is 28.1 Å². The summed E-state index contributed by atoms with van der Waals surface area (Å²) in [7, 11) is 0.500. The first-order valence-electron chi connectivity index (χ1n) is 20.6. The Morgan fingerprint density at radius 1 is 0.565 bits per heavy atom. The molecular weight excluding hydrogens is 838 g/mol. The van der Waals surface area contributed by atoms with E-state index in [9.17, 15) is 58.3 Å². The molecule has 0 N–H and O–H groups in total. The monoisotopic (exact) mass is 906 g/mol. The molecule has 2 aromatic carbocycles. The third kappa shape index (κ3) is 28.0. The van der Waals surface area contributed by atoms with Crippen LogP contribution in [-0.4, -0.2) is 51.1 Å². The van der Waals surface area contributed by atoms with E-state index in [-0.39, 0.29) is 72.2 Å². The highest BCUT2D eigenvalue weighted by atomic mass is 19.4. The highest BCUT2D eigenvalue weighted by molar-refractivity contribution is 5.72. The SMILES string of the molecule is CCC(C)(C)COC(=O)C1CCC(C(F)(F)F)CC1.CCC(C)(C)COC(=O)CCc1ccc(C(F)(F)F)cc1.CCC(C)(C)COC(C)=O.CF.FC(F)(F)c1ccccc1. The van der Waals surface area contributed by atoms with E-state index in [2.05, 4.69) is 20.8 Å². The van der Waals surface area contributed by atoms with E-state index in [0.29, 0.717) is 39.0 Å². The maximum Gasteiger partial charge on any atom is 0.416 e. The molecule has 0 unspecified atom stereocenters. The summed E-state index contributed by atoms with van der Waals surface area (Å²) in [5.41, 5.74) is -0.586. The summed E-state index contributed by atoms with van der Waals surface area (Å²) >= 11 is 0. The Bertz CT molecular complexity index is 1530. The Kier molecular flexibility index (Phi) is 27.3. The van der Waals surface area contributed by atoms with Crippen molar-refractivity contribution >= 4 is 17.9 Å². The lowest BCUT2D eigenvalue weighted by Gasteiger charge is -2.29. The normalized spacial score (nSPS) is 15.6. The number of carbonyl (C=O) groups is 3. The maximum absolute atomic E-state index is 12.5. The van der Waals surface area contributed by atoms with Gasteiger partial charge >= 0.3 is 36.4 Å². The molecule has 62 heavy (non-hydrogen) atoms. The van der Waals surface area contributed by atoms with Gasteiger partial charge in [-0.1, -0.05) is 105 Å². The predicted molar refractivity (Wildman–Crippen MR) is 221 cm³/mol. The molecule has 1 aliphatic rings. The van der Waals surface area contributed by atoms with E-state index in [1.54, 1.807) is 6.07 Å². The summed E-state index contributed by atoms with van der Waals surface area (Å²) in [6.07, 6.45) is -8.63. The lowest BCUT2D eigenvalue weighted by Crippen LogP contribution is -2.32. The minimum Gasteiger partial charge on any atom is -0.465 e. The van der Waals surface area contributed by atoms with Gasteiger partial charge in [-0.3, -0.25) is 18.8 Å². The van der Waals surface area contributed by atoms with Crippen molar-refractivity contribution in [2.75, 3.05) is 27.0 Å².